The van der Waals surface area contributed by atoms with Crippen LogP contribution in [0.2, 0.25) is 5.02 Å². The van der Waals surface area contributed by atoms with Gasteiger partial charge in [0.1, 0.15) is 6.33 Å². The van der Waals surface area contributed by atoms with Crippen LogP contribution in [0.3, 0.4) is 0 Å². The fourth-order valence-corrected chi connectivity index (χ4v) is 2.14. The van der Waals surface area contributed by atoms with E-state index in [1.807, 2.05) is 13.0 Å². The number of ether oxygens (including phenoxy) is 2. The average molecular weight is 315 g/mol. The Morgan fingerprint density at radius 2 is 2.30 bits per heavy atom. The Balaban J connectivity index is 2.27. The number of nitrogens with one attached hydrogen (secondary N) is 2. The first kappa shape index (κ1) is 14.7. The molecule has 0 atom stereocenters. The smallest absolute Gasteiger partial charge is 0.214 e. The molecule has 0 aliphatic rings. The second-order valence-corrected chi connectivity index (χ2v) is 4.72. The summed E-state index contributed by atoms with van der Waals surface area (Å²) in [7, 11) is 1.58. The van der Waals surface area contributed by atoms with E-state index in [1.165, 1.54) is 0 Å². The molecule has 6 nitrogen and oxygen atoms in total. The summed E-state index contributed by atoms with van der Waals surface area (Å²) in [6.45, 7) is 2.92. The van der Waals surface area contributed by atoms with Crippen molar-refractivity contribution in [2.75, 3.05) is 19.1 Å². The van der Waals surface area contributed by atoms with Gasteiger partial charge in [-0.2, -0.15) is 5.10 Å². The molecule has 108 valence electrons. The Morgan fingerprint density at radius 1 is 1.50 bits per heavy atom. The molecule has 1 aromatic heterocycles. The molecule has 0 radical (unpaired) electrons. The van der Waals surface area contributed by atoms with Crippen LogP contribution in [0.4, 0.5) is 0 Å². The zero-order valence-electron chi connectivity index (χ0n) is 11.1. The predicted octanol–water partition coefficient (Wildman–Crippen LogP) is 2.75. The van der Waals surface area contributed by atoms with Gasteiger partial charge in [-0.1, -0.05) is 11.6 Å². The zero-order chi connectivity index (χ0) is 14.5. The summed E-state index contributed by atoms with van der Waals surface area (Å²) in [5, 5.41) is 7.08. The van der Waals surface area contributed by atoms with Gasteiger partial charge < -0.3 is 14.9 Å². The van der Waals surface area contributed by atoms with E-state index in [1.54, 1.807) is 24.2 Å². The number of rotatable bonds is 6. The van der Waals surface area contributed by atoms with E-state index in [0.717, 1.165) is 5.56 Å². The SMILES string of the molecule is CCOc1c(CNn2cn[nH]c2=S)cc(Cl)cc1OC. The van der Waals surface area contributed by atoms with Crippen LogP contribution in [0.5, 0.6) is 11.5 Å². The molecule has 0 spiro atoms. The van der Waals surface area contributed by atoms with Crippen molar-refractivity contribution in [3.05, 3.63) is 33.8 Å². The highest BCUT2D eigenvalue weighted by atomic mass is 35.5. The van der Waals surface area contributed by atoms with Crippen LogP contribution in [0.25, 0.3) is 0 Å². The monoisotopic (exact) mass is 314 g/mol. The van der Waals surface area contributed by atoms with Crippen LogP contribution < -0.4 is 14.9 Å². The van der Waals surface area contributed by atoms with Crippen molar-refractivity contribution in [3.63, 3.8) is 0 Å². The second kappa shape index (κ2) is 6.62. The number of nitrogens with zero attached hydrogens (tertiary/aromatic N) is 2. The topological polar surface area (TPSA) is 64.1 Å². The first-order valence-electron chi connectivity index (χ1n) is 6.00. The molecule has 0 unspecified atom stereocenters. The summed E-state index contributed by atoms with van der Waals surface area (Å²) in [6, 6.07) is 3.55. The molecule has 0 amide bonds. The molecule has 1 heterocycles. The third-order valence-corrected chi connectivity index (χ3v) is 3.10. The minimum atomic E-state index is 0.472. The number of hydrogen-bond donors (Lipinski definition) is 2. The van der Waals surface area contributed by atoms with Gasteiger partial charge >= 0.3 is 0 Å². The Hall–Kier alpha value is -1.73. The summed E-state index contributed by atoms with van der Waals surface area (Å²) in [4.78, 5) is 0. The number of benzene rings is 1. The normalized spacial score (nSPS) is 10.3. The van der Waals surface area contributed by atoms with E-state index in [9.17, 15) is 0 Å². The van der Waals surface area contributed by atoms with E-state index >= 15 is 0 Å². The largest absolute Gasteiger partial charge is 0.493 e. The van der Waals surface area contributed by atoms with Gasteiger partial charge in [-0.05, 0) is 25.2 Å². The van der Waals surface area contributed by atoms with Gasteiger partial charge in [-0.25, -0.2) is 4.68 Å². The number of hydrogen-bond acceptors (Lipinski definition) is 5. The van der Waals surface area contributed by atoms with Crippen LogP contribution in [-0.4, -0.2) is 28.6 Å². The van der Waals surface area contributed by atoms with Crippen molar-refractivity contribution in [1.82, 2.24) is 14.9 Å². The van der Waals surface area contributed by atoms with E-state index in [-0.39, 0.29) is 0 Å². The fourth-order valence-electron chi connectivity index (χ4n) is 1.74. The van der Waals surface area contributed by atoms with Gasteiger partial charge in [0.25, 0.3) is 0 Å². The Labute approximate surface area is 126 Å². The molecule has 2 N–H and O–H groups in total. The van der Waals surface area contributed by atoms with E-state index in [0.29, 0.717) is 34.4 Å². The van der Waals surface area contributed by atoms with E-state index in [2.05, 4.69) is 15.6 Å². The third kappa shape index (κ3) is 3.23. The van der Waals surface area contributed by atoms with Crippen LogP contribution in [0.1, 0.15) is 12.5 Å². The molecule has 0 saturated heterocycles. The predicted molar refractivity (Wildman–Crippen MR) is 79.6 cm³/mol. The maximum atomic E-state index is 6.08. The van der Waals surface area contributed by atoms with Crippen molar-refractivity contribution in [2.45, 2.75) is 13.5 Å². The Morgan fingerprint density at radius 3 is 2.90 bits per heavy atom. The van der Waals surface area contributed by atoms with E-state index in [4.69, 9.17) is 33.3 Å². The lowest BCUT2D eigenvalue weighted by atomic mass is 10.2. The van der Waals surface area contributed by atoms with Crippen molar-refractivity contribution in [2.24, 2.45) is 0 Å². The first-order valence-corrected chi connectivity index (χ1v) is 6.79. The van der Waals surface area contributed by atoms with Gasteiger partial charge in [-0.15, -0.1) is 0 Å². The second-order valence-electron chi connectivity index (χ2n) is 3.90. The zero-order valence-corrected chi connectivity index (χ0v) is 12.7. The molecule has 0 aliphatic carbocycles. The van der Waals surface area contributed by atoms with Gasteiger partial charge in [-0.3, -0.25) is 5.10 Å². The van der Waals surface area contributed by atoms with Gasteiger partial charge in [0.15, 0.2) is 11.5 Å². The first-order chi connectivity index (χ1) is 9.65. The molecule has 2 aromatic rings. The maximum absolute atomic E-state index is 6.08. The summed E-state index contributed by atoms with van der Waals surface area (Å²) >= 11 is 11.1. The number of H-pyrrole nitrogens is 1. The Bertz CT molecular complexity index is 641. The molecule has 0 saturated carbocycles. The fraction of sp³-hybridized carbons (Fsp3) is 0.333. The number of aromatic amines is 1. The van der Waals surface area contributed by atoms with Crippen molar-refractivity contribution in [3.8, 4) is 11.5 Å². The molecule has 0 aliphatic heterocycles. The molecule has 2 rings (SSSR count). The molecule has 1 aromatic carbocycles. The standard InChI is InChI=1S/C12H15ClN4O2S/c1-3-19-11-8(4-9(13)5-10(11)18-2)6-15-17-7-14-16-12(17)20/h4-5,7,15H,3,6H2,1-2H3,(H,16,20). The number of halogens is 1. The lowest BCUT2D eigenvalue weighted by molar-refractivity contribution is 0.307. The summed E-state index contributed by atoms with van der Waals surface area (Å²) < 4.78 is 13.0. The number of aromatic nitrogens is 3. The molecule has 0 fully saturated rings. The number of methoxy groups -OCH3 is 1. The lowest BCUT2D eigenvalue weighted by Crippen LogP contribution is -2.14. The van der Waals surface area contributed by atoms with Gasteiger partial charge in [0.05, 0.1) is 20.3 Å². The molecular formula is C12H15ClN4O2S. The molecule has 20 heavy (non-hydrogen) atoms. The molecule has 8 heteroatoms. The summed E-state index contributed by atoms with van der Waals surface area (Å²) in [5.41, 5.74) is 3.99. The highest BCUT2D eigenvalue weighted by molar-refractivity contribution is 7.71. The van der Waals surface area contributed by atoms with Crippen LogP contribution >= 0.6 is 23.8 Å². The van der Waals surface area contributed by atoms with Crippen molar-refractivity contribution in [1.29, 1.82) is 0 Å². The lowest BCUT2D eigenvalue weighted by Gasteiger charge is -2.15. The van der Waals surface area contributed by atoms with Gasteiger partial charge in [0, 0.05) is 16.7 Å². The third-order valence-electron chi connectivity index (χ3n) is 2.60. The van der Waals surface area contributed by atoms with Crippen LogP contribution in [0.15, 0.2) is 18.5 Å². The quantitative estimate of drug-likeness (QED) is 0.803. The average Bonchev–Trinajstić information content (AvgIpc) is 2.84. The minimum Gasteiger partial charge on any atom is -0.493 e. The van der Waals surface area contributed by atoms with Crippen molar-refractivity contribution >= 4 is 23.8 Å². The molecule has 0 bridgehead atoms. The van der Waals surface area contributed by atoms with Crippen molar-refractivity contribution < 1.29 is 9.47 Å². The van der Waals surface area contributed by atoms with Gasteiger partial charge in [0.2, 0.25) is 4.77 Å². The molecular weight excluding hydrogens is 300 g/mol. The summed E-state index contributed by atoms with van der Waals surface area (Å²) in [6.07, 6.45) is 1.56. The highest BCUT2D eigenvalue weighted by Crippen LogP contribution is 2.34. The van der Waals surface area contributed by atoms with E-state index < -0.39 is 0 Å². The highest BCUT2D eigenvalue weighted by Gasteiger charge is 2.12. The maximum Gasteiger partial charge on any atom is 0.214 e. The minimum absolute atomic E-state index is 0.472. The summed E-state index contributed by atoms with van der Waals surface area (Å²) in [5.74, 6) is 1.27. The van der Waals surface area contributed by atoms with Crippen LogP contribution in [0, 0.1) is 4.77 Å². The Kier molecular flexibility index (Phi) is 4.86. The van der Waals surface area contributed by atoms with Crippen LogP contribution in [-0.2, 0) is 6.54 Å².